The molecular formula is C19H26N4O5. The van der Waals surface area contributed by atoms with E-state index in [-0.39, 0.29) is 24.1 Å². The van der Waals surface area contributed by atoms with Crippen LogP contribution < -0.4 is 11.1 Å². The number of carboxylic acids is 1. The van der Waals surface area contributed by atoms with Crippen LogP contribution in [0, 0.1) is 5.92 Å². The number of rotatable bonds is 7. The highest BCUT2D eigenvalue weighted by Gasteiger charge is 2.27. The Balaban J connectivity index is 1.85. The number of amidine groups is 1. The third kappa shape index (κ3) is 5.70. The van der Waals surface area contributed by atoms with Gasteiger partial charge in [0.05, 0.1) is 0 Å². The molecule has 9 heteroatoms. The number of hydrogen-bond donors (Lipinski definition) is 4. The highest BCUT2D eigenvalue weighted by atomic mass is 16.4. The molecule has 1 fully saturated rings. The maximum absolute atomic E-state index is 12.6. The summed E-state index contributed by atoms with van der Waals surface area (Å²) in [6.45, 7) is 2.77. The van der Waals surface area contributed by atoms with E-state index >= 15 is 0 Å². The van der Waals surface area contributed by atoms with E-state index in [0.29, 0.717) is 36.6 Å². The van der Waals surface area contributed by atoms with Gasteiger partial charge in [0.2, 0.25) is 5.91 Å². The summed E-state index contributed by atoms with van der Waals surface area (Å²) in [4.78, 5) is 37.3. The minimum Gasteiger partial charge on any atom is -0.481 e. The van der Waals surface area contributed by atoms with E-state index < -0.39 is 12.0 Å². The molecule has 1 aromatic carbocycles. The molecule has 1 atom stereocenters. The highest BCUT2D eigenvalue weighted by Crippen LogP contribution is 2.22. The SMILES string of the molecule is C[C@H](NC(=O)c1ccc(/C(N)=N/O)cc1)C(=O)N1CCC(CCC(=O)O)CC1. The van der Waals surface area contributed by atoms with Crippen LogP contribution in [-0.4, -0.2) is 58.0 Å². The van der Waals surface area contributed by atoms with E-state index in [4.69, 9.17) is 16.0 Å². The number of carbonyl (C=O) groups excluding carboxylic acids is 2. The molecule has 1 aliphatic rings. The minimum atomic E-state index is -0.797. The van der Waals surface area contributed by atoms with E-state index in [9.17, 15) is 14.4 Å². The van der Waals surface area contributed by atoms with E-state index in [1.807, 2.05) is 0 Å². The van der Waals surface area contributed by atoms with Gasteiger partial charge in [0, 0.05) is 30.6 Å². The molecule has 9 nitrogen and oxygen atoms in total. The summed E-state index contributed by atoms with van der Waals surface area (Å²) in [6, 6.07) is 5.50. The van der Waals surface area contributed by atoms with Crippen molar-refractivity contribution in [3.05, 3.63) is 35.4 Å². The zero-order chi connectivity index (χ0) is 20.7. The number of carboxylic acid groups (broad SMARTS) is 1. The quantitative estimate of drug-likeness (QED) is 0.236. The largest absolute Gasteiger partial charge is 0.481 e. The van der Waals surface area contributed by atoms with E-state index in [0.717, 1.165) is 12.8 Å². The molecule has 1 heterocycles. The lowest BCUT2D eigenvalue weighted by Gasteiger charge is -2.33. The number of benzene rings is 1. The summed E-state index contributed by atoms with van der Waals surface area (Å²) < 4.78 is 0. The third-order valence-corrected chi connectivity index (χ3v) is 4.96. The Morgan fingerprint density at radius 2 is 1.79 bits per heavy atom. The summed E-state index contributed by atoms with van der Waals surface area (Å²) in [5.41, 5.74) is 6.33. The molecule has 0 bridgehead atoms. The van der Waals surface area contributed by atoms with Crippen molar-refractivity contribution in [3.8, 4) is 0 Å². The number of likely N-dealkylation sites (tertiary alicyclic amines) is 1. The van der Waals surface area contributed by atoms with Crippen LogP contribution in [0.2, 0.25) is 0 Å². The highest BCUT2D eigenvalue weighted by molar-refractivity contribution is 6.00. The fourth-order valence-corrected chi connectivity index (χ4v) is 3.24. The first-order valence-corrected chi connectivity index (χ1v) is 9.21. The molecule has 5 N–H and O–H groups in total. The number of nitrogens with one attached hydrogen (secondary N) is 1. The van der Waals surface area contributed by atoms with E-state index in [1.165, 1.54) is 12.1 Å². The Labute approximate surface area is 163 Å². The van der Waals surface area contributed by atoms with Crippen LogP contribution in [0.1, 0.15) is 48.5 Å². The summed E-state index contributed by atoms with van der Waals surface area (Å²) in [7, 11) is 0. The van der Waals surface area contributed by atoms with Crippen molar-refractivity contribution in [1.29, 1.82) is 0 Å². The van der Waals surface area contributed by atoms with Gasteiger partial charge in [0.1, 0.15) is 6.04 Å². The number of amides is 2. The Morgan fingerprint density at radius 1 is 1.21 bits per heavy atom. The van der Waals surface area contributed by atoms with Gasteiger partial charge < -0.3 is 26.3 Å². The molecule has 1 aromatic rings. The number of hydrogen-bond acceptors (Lipinski definition) is 5. The lowest BCUT2D eigenvalue weighted by Crippen LogP contribution is -2.49. The molecule has 0 aromatic heterocycles. The summed E-state index contributed by atoms with van der Waals surface area (Å²) in [5.74, 6) is -1.07. The number of carbonyl (C=O) groups is 3. The van der Waals surface area contributed by atoms with Gasteiger partial charge in [0.15, 0.2) is 5.84 Å². The van der Waals surface area contributed by atoms with Gasteiger partial charge in [-0.3, -0.25) is 14.4 Å². The molecule has 0 saturated carbocycles. The van der Waals surface area contributed by atoms with Crippen LogP contribution in [0.3, 0.4) is 0 Å². The van der Waals surface area contributed by atoms with Crippen molar-refractivity contribution in [2.24, 2.45) is 16.8 Å². The number of piperidine rings is 1. The summed E-state index contributed by atoms with van der Waals surface area (Å²) >= 11 is 0. The topological polar surface area (TPSA) is 145 Å². The van der Waals surface area contributed by atoms with Gasteiger partial charge in [-0.1, -0.05) is 17.3 Å². The predicted octanol–water partition coefficient (Wildman–Crippen LogP) is 1.00. The number of oxime groups is 1. The Kier molecular flexibility index (Phi) is 7.36. The first-order chi connectivity index (χ1) is 13.3. The standard InChI is InChI=1S/C19H26N4O5/c1-12(19(27)23-10-8-13(9-11-23)2-7-16(24)25)21-18(26)15-5-3-14(4-6-15)17(20)22-28/h3-6,12-13,28H,2,7-11H2,1H3,(H2,20,22)(H,21,26)(H,24,25)/t12-/m0/s1. The zero-order valence-electron chi connectivity index (χ0n) is 15.8. The molecule has 1 aliphatic heterocycles. The van der Waals surface area contributed by atoms with Crippen LogP contribution in [0.25, 0.3) is 0 Å². The van der Waals surface area contributed by atoms with Crippen molar-refractivity contribution in [3.63, 3.8) is 0 Å². The molecule has 2 rings (SSSR count). The second kappa shape index (κ2) is 9.72. The number of nitrogens with two attached hydrogens (primary N) is 1. The Bertz CT molecular complexity index is 739. The Hall–Kier alpha value is -3.10. The average molecular weight is 390 g/mol. The second-order valence-electron chi connectivity index (χ2n) is 6.96. The maximum Gasteiger partial charge on any atom is 0.303 e. The minimum absolute atomic E-state index is 0.0535. The Morgan fingerprint density at radius 3 is 2.32 bits per heavy atom. The average Bonchev–Trinajstić information content (AvgIpc) is 2.71. The van der Waals surface area contributed by atoms with Crippen LogP contribution in [0.5, 0.6) is 0 Å². The number of nitrogens with zero attached hydrogens (tertiary/aromatic N) is 2. The van der Waals surface area contributed by atoms with Gasteiger partial charge >= 0.3 is 5.97 Å². The van der Waals surface area contributed by atoms with Gasteiger partial charge in [-0.2, -0.15) is 0 Å². The van der Waals surface area contributed by atoms with E-state index in [1.54, 1.807) is 24.0 Å². The first kappa shape index (κ1) is 21.2. The maximum atomic E-state index is 12.6. The van der Waals surface area contributed by atoms with Gasteiger partial charge in [0.25, 0.3) is 5.91 Å². The van der Waals surface area contributed by atoms with Crippen LogP contribution in [0.4, 0.5) is 0 Å². The van der Waals surface area contributed by atoms with Crippen molar-refractivity contribution in [1.82, 2.24) is 10.2 Å². The molecule has 0 spiro atoms. The van der Waals surface area contributed by atoms with Crippen LogP contribution >= 0.6 is 0 Å². The van der Waals surface area contributed by atoms with Crippen LogP contribution in [0.15, 0.2) is 29.4 Å². The third-order valence-electron chi connectivity index (χ3n) is 4.96. The predicted molar refractivity (Wildman–Crippen MR) is 102 cm³/mol. The van der Waals surface area contributed by atoms with Crippen molar-refractivity contribution in [2.45, 2.75) is 38.6 Å². The van der Waals surface area contributed by atoms with Crippen molar-refractivity contribution < 1.29 is 24.7 Å². The van der Waals surface area contributed by atoms with E-state index in [2.05, 4.69) is 10.5 Å². The zero-order valence-corrected chi connectivity index (χ0v) is 15.8. The second-order valence-corrected chi connectivity index (χ2v) is 6.96. The lowest BCUT2D eigenvalue weighted by molar-refractivity contribution is -0.138. The summed E-state index contributed by atoms with van der Waals surface area (Å²) in [6.07, 6.45) is 2.33. The van der Waals surface area contributed by atoms with Crippen molar-refractivity contribution in [2.75, 3.05) is 13.1 Å². The van der Waals surface area contributed by atoms with Gasteiger partial charge in [-0.05, 0) is 44.2 Å². The fourth-order valence-electron chi connectivity index (χ4n) is 3.24. The first-order valence-electron chi connectivity index (χ1n) is 9.21. The molecule has 152 valence electrons. The van der Waals surface area contributed by atoms with Gasteiger partial charge in [-0.15, -0.1) is 0 Å². The normalized spacial score (nSPS) is 16.5. The number of aliphatic carboxylic acids is 1. The molecule has 2 amide bonds. The van der Waals surface area contributed by atoms with Gasteiger partial charge in [-0.25, -0.2) is 0 Å². The molecular weight excluding hydrogens is 364 g/mol. The van der Waals surface area contributed by atoms with Crippen molar-refractivity contribution >= 4 is 23.6 Å². The monoisotopic (exact) mass is 390 g/mol. The molecule has 0 unspecified atom stereocenters. The lowest BCUT2D eigenvalue weighted by atomic mass is 9.92. The fraction of sp³-hybridized carbons (Fsp3) is 0.474. The smallest absolute Gasteiger partial charge is 0.303 e. The van der Waals surface area contributed by atoms with Crippen LogP contribution in [-0.2, 0) is 9.59 Å². The summed E-state index contributed by atoms with van der Waals surface area (Å²) in [5, 5.41) is 23.0. The molecule has 0 aliphatic carbocycles. The molecule has 28 heavy (non-hydrogen) atoms. The molecule has 1 saturated heterocycles. The molecule has 0 radical (unpaired) electrons.